The van der Waals surface area contributed by atoms with Gasteiger partial charge in [0, 0.05) is 12.3 Å². The Morgan fingerprint density at radius 1 is 1.20 bits per heavy atom. The molecule has 1 aromatic rings. The van der Waals surface area contributed by atoms with Crippen LogP contribution in [0.2, 0.25) is 0 Å². The number of carbonyl (C=O) groups is 1. The second-order valence-corrected chi connectivity index (χ2v) is 8.24. The Hall–Kier alpha value is -1.83. The molecule has 1 aliphatic carbocycles. The van der Waals surface area contributed by atoms with Gasteiger partial charge in [-0.15, -0.1) is 0 Å². The van der Waals surface area contributed by atoms with Crippen molar-refractivity contribution in [3.05, 3.63) is 35.4 Å². The van der Waals surface area contributed by atoms with Crippen LogP contribution in [0.4, 0.5) is 13.2 Å². The van der Waals surface area contributed by atoms with Crippen LogP contribution in [0, 0.1) is 5.92 Å². The van der Waals surface area contributed by atoms with E-state index in [9.17, 15) is 26.4 Å². The van der Waals surface area contributed by atoms with Gasteiger partial charge in [-0.3, -0.25) is 0 Å². The number of aliphatic carboxylic acids is 1. The van der Waals surface area contributed by atoms with Gasteiger partial charge in [-0.05, 0) is 42.0 Å². The molecule has 1 fully saturated rings. The number of hydrogen-bond acceptors (Lipinski definition) is 3. The van der Waals surface area contributed by atoms with Crippen molar-refractivity contribution < 1.29 is 31.5 Å². The van der Waals surface area contributed by atoms with Crippen molar-refractivity contribution in [2.45, 2.75) is 43.2 Å². The summed E-state index contributed by atoms with van der Waals surface area (Å²) in [7, 11) is -4.06. The van der Waals surface area contributed by atoms with E-state index in [-0.39, 0.29) is 11.5 Å². The molecule has 0 aromatic heterocycles. The molecule has 2 rings (SSSR count). The van der Waals surface area contributed by atoms with Crippen molar-refractivity contribution in [3.63, 3.8) is 0 Å². The molecule has 0 bridgehead atoms. The Labute approximate surface area is 144 Å². The van der Waals surface area contributed by atoms with Gasteiger partial charge < -0.3 is 5.11 Å². The maximum absolute atomic E-state index is 13.3. The van der Waals surface area contributed by atoms with E-state index in [0.717, 1.165) is 37.5 Å². The topological polar surface area (TPSA) is 71.4 Å². The fourth-order valence-corrected chi connectivity index (χ4v) is 4.13. The molecule has 1 aromatic carbocycles. The third-order valence-electron chi connectivity index (χ3n) is 4.34. The van der Waals surface area contributed by atoms with Crippen LogP contribution in [-0.4, -0.2) is 25.7 Å². The van der Waals surface area contributed by atoms with Crippen LogP contribution in [0.3, 0.4) is 0 Å². The van der Waals surface area contributed by atoms with E-state index >= 15 is 0 Å². The van der Waals surface area contributed by atoms with E-state index in [2.05, 4.69) is 0 Å². The summed E-state index contributed by atoms with van der Waals surface area (Å²) >= 11 is 0. The lowest BCUT2D eigenvalue weighted by Crippen LogP contribution is -2.15. The minimum Gasteiger partial charge on any atom is -0.478 e. The largest absolute Gasteiger partial charge is 0.478 e. The zero-order valence-electron chi connectivity index (χ0n) is 13.6. The number of benzene rings is 1. The molecule has 25 heavy (non-hydrogen) atoms. The maximum Gasteiger partial charge on any atom is 0.417 e. The fraction of sp³-hybridized carbons (Fsp3) is 0.471. The molecule has 1 N–H and O–H groups in total. The van der Waals surface area contributed by atoms with Gasteiger partial charge in [0.1, 0.15) is 0 Å². The minimum absolute atomic E-state index is 0.106. The van der Waals surface area contributed by atoms with Crippen molar-refractivity contribution in [2.24, 2.45) is 5.92 Å². The average molecular weight is 376 g/mol. The number of hydrogen-bond donors (Lipinski definition) is 1. The highest BCUT2D eigenvalue weighted by atomic mass is 32.2. The van der Waals surface area contributed by atoms with Gasteiger partial charge in [0.25, 0.3) is 0 Å². The summed E-state index contributed by atoms with van der Waals surface area (Å²) in [6.07, 6.45) is 0.984. The number of carboxylic acid groups (broad SMARTS) is 1. The fourth-order valence-electron chi connectivity index (χ4n) is 3.24. The van der Waals surface area contributed by atoms with E-state index < -0.39 is 32.4 Å². The quantitative estimate of drug-likeness (QED) is 0.801. The summed E-state index contributed by atoms with van der Waals surface area (Å²) < 4.78 is 63.3. The number of halogens is 3. The lowest BCUT2D eigenvalue weighted by Gasteiger charge is -2.25. The van der Waals surface area contributed by atoms with Crippen LogP contribution >= 0.6 is 0 Å². The first kappa shape index (κ1) is 19.5. The van der Waals surface area contributed by atoms with Gasteiger partial charge in [0.2, 0.25) is 0 Å². The zero-order chi connectivity index (χ0) is 18.8. The van der Waals surface area contributed by atoms with Crippen LogP contribution in [-0.2, 0) is 20.8 Å². The first-order valence-corrected chi connectivity index (χ1v) is 9.75. The van der Waals surface area contributed by atoms with Crippen molar-refractivity contribution in [3.8, 4) is 0 Å². The van der Waals surface area contributed by atoms with Crippen molar-refractivity contribution in [1.82, 2.24) is 0 Å². The van der Waals surface area contributed by atoms with Crippen LogP contribution in [0.25, 0.3) is 5.57 Å². The van der Waals surface area contributed by atoms with E-state index in [0.29, 0.717) is 24.7 Å². The molecule has 1 aliphatic rings. The summed E-state index contributed by atoms with van der Waals surface area (Å²) in [6, 6.07) is 2.92. The number of allylic oxidation sites excluding steroid dienone is 1. The predicted molar refractivity (Wildman–Crippen MR) is 86.7 cm³/mol. The second kappa shape index (κ2) is 7.19. The molecular formula is C17H19F3O4S. The van der Waals surface area contributed by atoms with E-state index in [1.807, 2.05) is 0 Å². The standard InChI is InChI=1S/C17H19F3O4S/c1-25(23,24)15-8-7-12(9-14(15)17(18,19)20)13(10-16(21)22)11-5-3-2-4-6-11/h7-11H,2-6H2,1H3,(H,21,22)/b13-10+. The summed E-state index contributed by atoms with van der Waals surface area (Å²) in [4.78, 5) is 10.3. The Bertz CT molecular complexity index is 789. The molecular weight excluding hydrogens is 357 g/mol. The normalized spacial score (nSPS) is 17.5. The molecule has 0 spiro atoms. The lowest BCUT2D eigenvalue weighted by atomic mass is 9.80. The molecule has 0 heterocycles. The number of sulfone groups is 1. The van der Waals surface area contributed by atoms with Gasteiger partial charge in [0.15, 0.2) is 9.84 Å². The number of alkyl halides is 3. The molecule has 0 aliphatic heterocycles. The van der Waals surface area contributed by atoms with Crippen LogP contribution in [0.1, 0.15) is 43.2 Å². The average Bonchev–Trinajstić information content (AvgIpc) is 2.51. The zero-order valence-corrected chi connectivity index (χ0v) is 14.5. The first-order valence-electron chi connectivity index (χ1n) is 7.86. The SMILES string of the molecule is CS(=O)(=O)c1ccc(/C(=C/C(=O)O)C2CCCCC2)cc1C(F)(F)F. The van der Waals surface area contributed by atoms with Gasteiger partial charge in [-0.25, -0.2) is 13.2 Å². The summed E-state index contributed by atoms with van der Waals surface area (Å²) in [5.74, 6) is -1.38. The molecule has 0 radical (unpaired) electrons. The molecule has 138 valence electrons. The predicted octanol–water partition coefficient (Wildman–Crippen LogP) is 4.16. The summed E-state index contributed by atoms with van der Waals surface area (Å²) in [5.41, 5.74) is -0.841. The van der Waals surface area contributed by atoms with Crippen LogP contribution in [0.15, 0.2) is 29.2 Å². The number of carboxylic acids is 1. The summed E-state index contributed by atoms with van der Waals surface area (Å²) in [5, 5.41) is 9.09. The third kappa shape index (κ3) is 4.84. The Kier molecular flexibility index (Phi) is 5.61. The van der Waals surface area contributed by atoms with Crippen molar-refractivity contribution in [1.29, 1.82) is 0 Å². The van der Waals surface area contributed by atoms with Crippen LogP contribution < -0.4 is 0 Å². The Morgan fingerprint density at radius 3 is 2.28 bits per heavy atom. The maximum atomic E-state index is 13.3. The van der Waals surface area contributed by atoms with Crippen molar-refractivity contribution >= 4 is 21.4 Å². The summed E-state index contributed by atoms with van der Waals surface area (Å²) in [6.45, 7) is 0. The monoisotopic (exact) mass is 376 g/mol. The Balaban J connectivity index is 2.61. The molecule has 0 saturated heterocycles. The lowest BCUT2D eigenvalue weighted by molar-refractivity contribution is -0.140. The molecule has 0 amide bonds. The highest BCUT2D eigenvalue weighted by Crippen LogP contribution is 2.40. The van der Waals surface area contributed by atoms with E-state index in [1.54, 1.807) is 0 Å². The highest BCUT2D eigenvalue weighted by molar-refractivity contribution is 7.90. The van der Waals surface area contributed by atoms with Gasteiger partial charge in [0.05, 0.1) is 10.5 Å². The van der Waals surface area contributed by atoms with Gasteiger partial charge in [-0.1, -0.05) is 25.3 Å². The molecule has 4 nitrogen and oxygen atoms in total. The molecule has 8 heteroatoms. The smallest absolute Gasteiger partial charge is 0.417 e. The van der Waals surface area contributed by atoms with Gasteiger partial charge in [-0.2, -0.15) is 13.2 Å². The van der Waals surface area contributed by atoms with Crippen LogP contribution in [0.5, 0.6) is 0 Å². The van der Waals surface area contributed by atoms with Gasteiger partial charge >= 0.3 is 12.1 Å². The van der Waals surface area contributed by atoms with E-state index in [4.69, 9.17) is 5.11 Å². The highest BCUT2D eigenvalue weighted by Gasteiger charge is 2.37. The minimum atomic E-state index is -4.85. The number of rotatable bonds is 4. The third-order valence-corrected chi connectivity index (χ3v) is 5.50. The first-order chi connectivity index (χ1) is 11.5. The molecule has 0 atom stereocenters. The molecule has 1 saturated carbocycles. The Morgan fingerprint density at radius 2 is 1.80 bits per heavy atom. The van der Waals surface area contributed by atoms with Crippen molar-refractivity contribution in [2.75, 3.05) is 6.26 Å². The van der Waals surface area contributed by atoms with E-state index in [1.165, 1.54) is 6.07 Å². The molecule has 0 unspecified atom stereocenters. The second-order valence-electron chi connectivity index (χ2n) is 6.25.